The molecule has 1 aliphatic heterocycles. The molecule has 1 heterocycles. The van der Waals surface area contributed by atoms with E-state index >= 15 is 0 Å². The Kier molecular flexibility index (Phi) is 6.43. The largest absolute Gasteiger partial charge is 0.336 e. The smallest absolute Gasteiger partial charge is 0.317 e. The first kappa shape index (κ1) is 15.2. The van der Waals surface area contributed by atoms with E-state index in [1.807, 2.05) is 18.7 Å². The Hall–Kier alpha value is -0.810. The van der Waals surface area contributed by atoms with Gasteiger partial charge in [-0.2, -0.15) is 0 Å². The first-order valence-corrected chi connectivity index (χ1v) is 7.00. The van der Waals surface area contributed by atoms with Gasteiger partial charge in [-0.15, -0.1) is 0 Å². The number of carbonyl (C=O) groups excluding carboxylic acids is 1. The number of hydrogen-bond acceptors (Lipinski definition) is 3. The van der Waals surface area contributed by atoms with Crippen LogP contribution in [0.15, 0.2) is 0 Å². The van der Waals surface area contributed by atoms with Gasteiger partial charge in [0, 0.05) is 32.2 Å². The third-order valence-corrected chi connectivity index (χ3v) is 3.26. The summed E-state index contributed by atoms with van der Waals surface area (Å²) in [5.74, 6) is 0.529. The Labute approximate surface area is 111 Å². The molecule has 1 atom stereocenters. The number of nitrogens with one attached hydrogen (secondary N) is 1. The lowest BCUT2D eigenvalue weighted by molar-refractivity contribution is 0.194. The second-order valence-corrected chi connectivity index (χ2v) is 5.59. The number of carbonyl (C=O) groups is 1. The maximum absolute atomic E-state index is 11.9. The summed E-state index contributed by atoms with van der Waals surface area (Å²) in [4.78, 5) is 16.3. The van der Waals surface area contributed by atoms with E-state index in [1.165, 1.54) is 0 Å². The van der Waals surface area contributed by atoms with Crippen molar-refractivity contribution in [3.05, 3.63) is 0 Å². The second kappa shape index (κ2) is 7.59. The van der Waals surface area contributed by atoms with Crippen LogP contribution in [0, 0.1) is 5.92 Å². The van der Waals surface area contributed by atoms with Crippen molar-refractivity contribution < 1.29 is 4.79 Å². The van der Waals surface area contributed by atoms with E-state index in [1.54, 1.807) is 0 Å². The van der Waals surface area contributed by atoms with Crippen LogP contribution in [-0.2, 0) is 0 Å². The van der Waals surface area contributed by atoms with E-state index in [0.29, 0.717) is 5.92 Å². The maximum Gasteiger partial charge on any atom is 0.317 e. The Morgan fingerprint density at radius 3 is 2.56 bits per heavy atom. The van der Waals surface area contributed by atoms with Gasteiger partial charge in [0.2, 0.25) is 0 Å². The number of nitrogens with zero attached hydrogens (tertiary/aromatic N) is 2. The summed E-state index contributed by atoms with van der Waals surface area (Å²) in [6, 6.07) is 0.271. The highest BCUT2D eigenvalue weighted by atomic mass is 16.2. The molecule has 0 spiro atoms. The van der Waals surface area contributed by atoms with Gasteiger partial charge in [0.25, 0.3) is 0 Å². The fourth-order valence-corrected chi connectivity index (χ4v) is 2.21. The normalized spacial score (nSPS) is 19.7. The van der Waals surface area contributed by atoms with E-state index in [0.717, 1.165) is 45.7 Å². The third kappa shape index (κ3) is 5.23. The molecular weight excluding hydrogens is 228 g/mol. The van der Waals surface area contributed by atoms with Crippen LogP contribution in [0.5, 0.6) is 0 Å². The van der Waals surface area contributed by atoms with Crippen LogP contribution in [-0.4, -0.2) is 61.1 Å². The molecule has 1 unspecified atom stereocenters. The Morgan fingerprint density at radius 1 is 1.22 bits per heavy atom. The monoisotopic (exact) mass is 256 g/mol. The van der Waals surface area contributed by atoms with Gasteiger partial charge in [-0.25, -0.2) is 4.79 Å². The Balaban J connectivity index is 2.38. The van der Waals surface area contributed by atoms with Crippen LogP contribution in [0.1, 0.15) is 27.2 Å². The molecule has 1 fully saturated rings. The molecule has 0 aromatic heterocycles. The summed E-state index contributed by atoms with van der Waals surface area (Å²) >= 11 is 0. The Morgan fingerprint density at radius 2 is 1.94 bits per heavy atom. The minimum atomic E-state index is 0.0683. The minimum Gasteiger partial charge on any atom is -0.336 e. The molecular formula is C13H28N4O. The van der Waals surface area contributed by atoms with Crippen LogP contribution in [0.25, 0.3) is 0 Å². The van der Waals surface area contributed by atoms with Crippen LogP contribution in [0.3, 0.4) is 0 Å². The first-order chi connectivity index (χ1) is 8.52. The van der Waals surface area contributed by atoms with Crippen LogP contribution in [0.4, 0.5) is 4.79 Å². The van der Waals surface area contributed by atoms with E-state index in [2.05, 4.69) is 17.1 Å². The lowest BCUT2D eigenvalue weighted by Gasteiger charge is -2.24. The Bertz CT molecular complexity index is 257. The fraction of sp³-hybridized carbons (Fsp3) is 0.923. The van der Waals surface area contributed by atoms with Gasteiger partial charge in [-0.3, -0.25) is 0 Å². The lowest BCUT2D eigenvalue weighted by atomic mass is 10.1. The molecule has 5 nitrogen and oxygen atoms in total. The number of rotatable bonds is 4. The quantitative estimate of drug-likeness (QED) is 0.778. The maximum atomic E-state index is 11.9. The molecule has 1 rings (SSSR count). The number of amides is 2. The summed E-state index contributed by atoms with van der Waals surface area (Å²) in [5, 5.41) is 2.96. The van der Waals surface area contributed by atoms with Crippen molar-refractivity contribution in [2.75, 3.05) is 39.3 Å². The van der Waals surface area contributed by atoms with Gasteiger partial charge in [0.15, 0.2) is 0 Å². The van der Waals surface area contributed by atoms with Crippen LogP contribution < -0.4 is 11.1 Å². The summed E-state index contributed by atoms with van der Waals surface area (Å²) in [7, 11) is 0. The van der Waals surface area contributed by atoms with Crippen LogP contribution in [0.2, 0.25) is 0 Å². The van der Waals surface area contributed by atoms with Crippen molar-refractivity contribution in [1.29, 1.82) is 0 Å². The number of urea groups is 1. The van der Waals surface area contributed by atoms with Gasteiger partial charge in [-0.1, -0.05) is 6.92 Å². The van der Waals surface area contributed by atoms with Crippen LogP contribution >= 0.6 is 0 Å². The van der Waals surface area contributed by atoms with Crippen molar-refractivity contribution in [2.45, 2.75) is 33.2 Å². The molecule has 18 heavy (non-hydrogen) atoms. The summed E-state index contributed by atoms with van der Waals surface area (Å²) in [5.41, 5.74) is 5.66. The number of hydrogen-bond donors (Lipinski definition) is 2. The highest BCUT2D eigenvalue weighted by Crippen LogP contribution is 2.06. The molecule has 106 valence electrons. The fourth-order valence-electron chi connectivity index (χ4n) is 2.21. The van der Waals surface area contributed by atoms with Crippen molar-refractivity contribution in [1.82, 2.24) is 15.1 Å². The van der Waals surface area contributed by atoms with E-state index in [9.17, 15) is 4.79 Å². The molecule has 0 aliphatic carbocycles. The zero-order valence-corrected chi connectivity index (χ0v) is 12.0. The average Bonchev–Trinajstić information content (AvgIpc) is 2.53. The van der Waals surface area contributed by atoms with Gasteiger partial charge < -0.3 is 20.9 Å². The average molecular weight is 256 g/mol. The second-order valence-electron chi connectivity index (χ2n) is 5.59. The summed E-state index contributed by atoms with van der Waals surface area (Å²) in [6.07, 6.45) is 1.04. The molecule has 3 N–H and O–H groups in total. The molecule has 0 aromatic rings. The predicted molar refractivity (Wildman–Crippen MR) is 74.5 cm³/mol. The minimum absolute atomic E-state index is 0.0683. The molecule has 5 heteroatoms. The number of nitrogens with two attached hydrogens (primary N) is 1. The van der Waals surface area contributed by atoms with Crippen molar-refractivity contribution >= 4 is 6.03 Å². The van der Waals surface area contributed by atoms with E-state index < -0.39 is 0 Å². The lowest BCUT2D eigenvalue weighted by Crippen LogP contribution is -2.44. The van der Waals surface area contributed by atoms with Crippen molar-refractivity contribution in [2.24, 2.45) is 11.7 Å². The molecule has 1 saturated heterocycles. The highest BCUT2D eigenvalue weighted by molar-refractivity contribution is 5.74. The SMILES string of the molecule is CC(CN)CN1CCCN(C(=O)NC(C)C)CC1. The molecule has 0 saturated carbocycles. The zero-order chi connectivity index (χ0) is 13.5. The van der Waals surface area contributed by atoms with Gasteiger partial charge in [0.05, 0.1) is 0 Å². The first-order valence-electron chi connectivity index (χ1n) is 7.00. The predicted octanol–water partition coefficient (Wildman–Crippen LogP) is 0.707. The van der Waals surface area contributed by atoms with Gasteiger partial charge in [-0.05, 0) is 39.3 Å². The highest BCUT2D eigenvalue weighted by Gasteiger charge is 2.19. The molecule has 0 radical (unpaired) electrons. The van der Waals surface area contributed by atoms with Gasteiger partial charge >= 0.3 is 6.03 Å². The standard InChI is InChI=1S/C13H28N4O/c1-11(2)15-13(18)17-6-4-5-16(7-8-17)10-12(3)9-14/h11-12H,4-10,14H2,1-3H3,(H,15,18). The van der Waals surface area contributed by atoms with E-state index in [4.69, 9.17) is 5.73 Å². The topological polar surface area (TPSA) is 61.6 Å². The van der Waals surface area contributed by atoms with Gasteiger partial charge in [0.1, 0.15) is 0 Å². The zero-order valence-electron chi connectivity index (χ0n) is 12.0. The van der Waals surface area contributed by atoms with Crippen molar-refractivity contribution in [3.8, 4) is 0 Å². The third-order valence-electron chi connectivity index (χ3n) is 3.26. The molecule has 0 aromatic carbocycles. The van der Waals surface area contributed by atoms with Crippen molar-refractivity contribution in [3.63, 3.8) is 0 Å². The van der Waals surface area contributed by atoms with E-state index in [-0.39, 0.29) is 12.1 Å². The molecule has 1 aliphatic rings. The summed E-state index contributed by atoms with van der Waals surface area (Å²) in [6.45, 7) is 11.6. The molecule has 2 amide bonds. The molecule has 0 bridgehead atoms. The summed E-state index contributed by atoms with van der Waals surface area (Å²) < 4.78 is 0.